The van der Waals surface area contributed by atoms with E-state index in [0.717, 1.165) is 17.7 Å². The number of nitrogens with zero attached hydrogens (tertiary/aromatic N) is 1. The number of para-hydroxylation sites is 1. The molecule has 0 bridgehead atoms. The van der Waals surface area contributed by atoms with E-state index in [1.165, 1.54) is 0 Å². The smallest absolute Gasteiger partial charge is 0.304 e. The summed E-state index contributed by atoms with van der Waals surface area (Å²) >= 11 is 0. The summed E-state index contributed by atoms with van der Waals surface area (Å²) < 4.78 is 0. The molecule has 0 saturated heterocycles. The zero-order valence-corrected chi connectivity index (χ0v) is 12.3. The van der Waals surface area contributed by atoms with Crippen LogP contribution in [0.4, 0.5) is 5.69 Å². The fraction of sp³-hybridized carbons (Fsp3) is 0.500. The van der Waals surface area contributed by atoms with Crippen molar-refractivity contribution in [1.29, 1.82) is 0 Å². The summed E-state index contributed by atoms with van der Waals surface area (Å²) in [6.45, 7) is 3.06. The number of rotatable bonds is 6. The number of carboxylic acids is 1. The van der Waals surface area contributed by atoms with Crippen LogP contribution in [0.1, 0.15) is 37.7 Å². The van der Waals surface area contributed by atoms with Crippen LogP contribution in [-0.4, -0.2) is 30.1 Å². The second kappa shape index (κ2) is 6.72. The SMILES string of the molecule is CC(CN)CCC(=O)N1CC(CC(=O)O)c2ccccc21. The highest BCUT2D eigenvalue weighted by molar-refractivity contribution is 5.96. The molecular formula is C16H22N2O3. The van der Waals surface area contributed by atoms with Crippen LogP contribution in [0.3, 0.4) is 0 Å². The number of carbonyl (C=O) groups excluding carboxylic acids is 1. The van der Waals surface area contributed by atoms with Gasteiger partial charge >= 0.3 is 5.97 Å². The molecule has 1 aromatic rings. The Labute approximate surface area is 124 Å². The van der Waals surface area contributed by atoms with Gasteiger partial charge in [0.25, 0.3) is 0 Å². The van der Waals surface area contributed by atoms with Crippen molar-refractivity contribution in [3.8, 4) is 0 Å². The van der Waals surface area contributed by atoms with Crippen LogP contribution >= 0.6 is 0 Å². The van der Waals surface area contributed by atoms with Gasteiger partial charge in [-0.1, -0.05) is 25.1 Å². The molecule has 0 radical (unpaired) electrons. The van der Waals surface area contributed by atoms with Crippen LogP contribution in [0.2, 0.25) is 0 Å². The molecule has 1 aliphatic rings. The minimum absolute atomic E-state index is 0.0515. The van der Waals surface area contributed by atoms with Crippen LogP contribution < -0.4 is 10.6 Å². The van der Waals surface area contributed by atoms with Gasteiger partial charge in [-0.2, -0.15) is 0 Å². The highest BCUT2D eigenvalue weighted by Crippen LogP contribution is 2.38. The largest absolute Gasteiger partial charge is 0.481 e. The highest BCUT2D eigenvalue weighted by atomic mass is 16.4. The lowest BCUT2D eigenvalue weighted by molar-refractivity contribution is -0.137. The molecule has 2 unspecified atom stereocenters. The summed E-state index contributed by atoms with van der Waals surface area (Å²) in [6, 6.07) is 7.57. The number of carbonyl (C=O) groups is 2. The van der Waals surface area contributed by atoms with Gasteiger partial charge in [0.05, 0.1) is 6.42 Å². The predicted octanol–water partition coefficient (Wildman–Crippen LogP) is 1.97. The minimum Gasteiger partial charge on any atom is -0.481 e. The van der Waals surface area contributed by atoms with E-state index >= 15 is 0 Å². The highest BCUT2D eigenvalue weighted by Gasteiger charge is 2.32. The first-order valence-electron chi connectivity index (χ1n) is 7.34. The Bertz CT molecular complexity index is 530. The number of anilines is 1. The molecule has 2 rings (SSSR count). The maximum Gasteiger partial charge on any atom is 0.304 e. The Morgan fingerprint density at radius 2 is 2.14 bits per heavy atom. The average Bonchev–Trinajstić information content (AvgIpc) is 2.83. The predicted molar refractivity (Wildman–Crippen MR) is 81.2 cm³/mol. The number of hydrogen-bond acceptors (Lipinski definition) is 3. The van der Waals surface area contributed by atoms with E-state index < -0.39 is 5.97 Å². The third-order valence-corrected chi connectivity index (χ3v) is 4.05. The molecule has 0 saturated carbocycles. The summed E-state index contributed by atoms with van der Waals surface area (Å²) in [4.78, 5) is 25.1. The first kappa shape index (κ1) is 15.5. The van der Waals surface area contributed by atoms with E-state index in [-0.39, 0.29) is 18.2 Å². The lowest BCUT2D eigenvalue weighted by Crippen LogP contribution is -2.30. The van der Waals surface area contributed by atoms with Gasteiger partial charge in [0, 0.05) is 24.6 Å². The summed E-state index contributed by atoms with van der Waals surface area (Å²) in [5, 5.41) is 9.02. The van der Waals surface area contributed by atoms with Gasteiger partial charge in [-0.15, -0.1) is 0 Å². The quantitative estimate of drug-likeness (QED) is 0.839. The number of hydrogen-bond donors (Lipinski definition) is 2. The number of fused-ring (bicyclic) bond motifs is 1. The summed E-state index contributed by atoms with van der Waals surface area (Å²) in [5.74, 6) is -0.576. The Kier molecular flexibility index (Phi) is 4.96. The van der Waals surface area contributed by atoms with Crippen LogP contribution in [0.15, 0.2) is 24.3 Å². The standard InChI is InChI=1S/C16H22N2O3/c1-11(9-17)6-7-15(19)18-10-12(8-16(20)21)13-4-2-3-5-14(13)18/h2-5,11-12H,6-10,17H2,1H3,(H,20,21). The zero-order valence-electron chi connectivity index (χ0n) is 12.3. The Balaban J connectivity index is 2.11. The summed E-state index contributed by atoms with van der Waals surface area (Å²) in [6.07, 6.45) is 1.27. The molecule has 5 heteroatoms. The molecule has 21 heavy (non-hydrogen) atoms. The molecule has 2 atom stereocenters. The minimum atomic E-state index is -0.833. The molecule has 1 heterocycles. The molecule has 1 amide bonds. The summed E-state index contributed by atoms with van der Waals surface area (Å²) in [5.41, 5.74) is 7.39. The number of carboxylic acid groups (broad SMARTS) is 1. The van der Waals surface area contributed by atoms with Gasteiger partial charge in [-0.25, -0.2) is 0 Å². The van der Waals surface area contributed by atoms with Gasteiger partial charge in [0.1, 0.15) is 0 Å². The van der Waals surface area contributed by atoms with Gasteiger partial charge in [0.15, 0.2) is 0 Å². The lowest BCUT2D eigenvalue weighted by Gasteiger charge is -2.18. The molecule has 114 valence electrons. The molecule has 0 fully saturated rings. The Hall–Kier alpha value is -1.88. The monoisotopic (exact) mass is 290 g/mol. The second-order valence-corrected chi connectivity index (χ2v) is 5.74. The molecular weight excluding hydrogens is 268 g/mol. The second-order valence-electron chi connectivity index (χ2n) is 5.74. The molecule has 1 aromatic carbocycles. The van der Waals surface area contributed by atoms with E-state index in [1.54, 1.807) is 4.90 Å². The van der Waals surface area contributed by atoms with Gasteiger partial charge < -0.3 is 15.7 Å². The van der Waals surface area contributed by atoms with Crippen molar-refractivity contribution < 1.29 is 14.7 Å². The van der Waals surface area contributed by atoms with Crippen molar-refractivity contribution in [2.24, 2.45) is 11.7 Å². The first-order chi connectivity index (χ1) is 10.0. The fourth-order valence-electron chi connectivity index (χ4n) is 2.74. The Morgan fingerprint density at radius 3 is 2.81 bits per heavy atom. The third kappa shape index (κ3) is 3.61. The van der Waals surface area contributed by atoms with E-state index in [9.17, 15) is 9.59 Å². The molecule has 0 spiro atoms. The number of benzene rings is 1. The van der Waals surface area contributed by atoms with Gasteiger partial charge in [-0.3, -0.25) is 9.59 Å². The molecule has 5 nitrogen and oxygen atoms in total. The van der Waals surface area contributed by atoms with Crippen LogP contribution in [-0.2, 0) is 9.59 Å². The van der Waals surface area contributed by atoms with Crippen molar-refractivity contribution >= 4 is 17.6 Å². The normalized spacial score (nSPS) is 18.4. The number of aliphatic carboxylic acids is 1. The number of nitrogens with two attached hydrogens (primary N) is 1. The zero-order chi connectivity index (χ0) is 15.4. The topological polar surface area (TPSA) is 83.6 Å². The molecule has 3 N–H and O–H groups in total. The lowest BCUT2D eigenvalue weighted by atomic mass is 9.98. The van der Waals surface area contributed by atoms with Crippen molar-refractivity contribution in [3.63, 3.8) is 0 Å². The van der Waals surface area contributed by atoms with Crippen molar-refractivity contribution in [2.75, 3.05) is 18.0 Å². The molecule has 0 aromatic heterocycles. The van der Waals surface area contributed by atoms with E-state index in [0.29, 0.717) is 25.4 Å². The van der Waals surface area contributed by atoms with Crippen molar-refractivity contribution in [2.45, 2.75) is 32.1 Å². The average molecular weight is 290 g/mol. The maximum absolute atomic E-state index is 12.4. The van der Waals surface area contributed by atoms with Gasteiger partial charge in [0.2, 0.25) is 5.91 Å². The Morgan fingerprint density at radius 1 is 1.43 bits per heavy atom. The van der Waals surface area contributed by atoms with Crippen LogP contribution in [0.5, 0.6) is 0 Å². The third-order valence-electron chi connectivity index (χ3n) is 4.05. The molecule has 1 aliphatic heterocycles. The van der Waals surface area contributed by atoms with Crippen LogP contribution in [0.25, 0.3) is 0 Å². The van der Waals surface area contributed by atoms with Gasteiger partial charge in [-0.05, 0) is 30.5 Å². The number of amides is 1. The fourth-order valence-corrected chi connectivity index (χ4v) is 2.74. The van der Waals surface area contributed by atoms with E-state index in [4.69, 9.17) is 10.8 Å². The van der Waals surface area contributed by atoms with Crippen LogP contribution in [0, 0.1) is 5.92 Å². The van der Waals surface area contributed by atoms with Crippen molar-refractivity contribution in [1.82, 2.24) is 0 Å². The summed E-state index contributed by atoms with van der Waals surface area (Å²) in [7, 11) is 0. The maximum atomic E-state index is 12.4. The first-order valence-corrected chi connectivity index (χ1v) is 7.34. The molecule has 0 aliphatic carbocycles. The van der Waals surface area contributed by atoms with Crippen molar-refractivity contribution in [3.05, 3.63) is 29.8 Å². The van der Waals surface area contributed by atoms with E-state index in [1.807, 2.05) is 31.2 Å². The van der Waals surface area contributed by atoms with E-state index in [2.05, 4.69) is 0 Å².